The predicted octanol–water partition coefficient (Wildman–Crippen LogP) is 0.599. The molecule has 0 amide bonds. The summed E-state index contributed by atoms with van der Waals surface area (Å²) in [7, 11) is 0. The molecular formula is C17H20FN7O3. The molecule has 4 unspecified atom stereocenters. The van der Waals surface area contributed by atoms with Gasteiger partial charge >= 0.3 is 0 Å². The first-order valence-corrected chi connectivity index (χ1v) is 8.81. The summed E-state index contributed by atoms with van der Waals surface area (Å²) >= 11 is 0. The van der Waals surface area contributed by atoms with Gasteiger partial charge in [-0.1, -0.05) is 35.5 Å². The van der Waals surface area contributed by atoms with Crippen LogP contribution in [0.2, 0.25) is 0 Å². The van der Waals surface area contributed by atoms with E-state index in [2.05, 4.69) is 25.8 Å². The highest BCUT2D eigenvalue weighted by Crippen LogP contribution is 2.38. The topological polar surface area (TPSA) is 144 Å². The maximum Gasteiger partial charge on any atom is 0.224 e. The summed E-state index contributed by atoms with van der Waals surface area (Å²) in [4.78, 5) is 13.6. The number of hydrogen-bond donors (Lipinski definition) is 4. The zero-order chi connectivity index (χ0) is 19.7. The van der Waals surface area contributed by atoms with E-state index in [1.54, 1.807) is 0 Å². The Morgan fingerprint density at radius 1 is 1.29 bits per heavy atom. The molecule has 1 aromatic carbocycles. The average Bonchev–Trinajstić information content (AvgIpc) is 3.24. The van der Waals surface area contributed by atoms with Crippen molar-refractivity contribution in [2.75, 3.05) is 17.8 Å². The van der Waals surface area contributed by atoms with Crippen molar-refractivity contribution in [1.29, 1.82) is 0 Å². The maximum absolute atomic E-state index is 14.5. The van der Waals surface area contributed by atoms with Crippen LogP contribution >= 0.6 is 0 Å². The highest BCUT2D eigenvalue weighted by Gasteiger charge is 2.45. The summed E-state index contributed by atoms with van der Waals surface area (Å²) < 4.78 is 15.8. The summed E-state index contributed by atoms with van der Waals surface area (Å²) in [6.45, 7) is -0.0398. The Bertz CT molecular complexity index is 955. The third-order valence-corrected chi connectivity index (χ3v) is 4.86. The standard InChI is InChI=1S/C17H20FN7O3/c18-12-11(6-10(7-26)14(12)27)25-16-13(22-24-25)15(20-17(19)21-16)23-28-8-9-4-2-1-3-5-9/h1-5,10-12,14,26-27H,6-8H2,(H3,19,20,21,23). The van der Waals surface area contributed by atoms with Crippen molar-refractivity contribution in [3.05, 3.63) is 35.9 Å². The highest BCUT2D eigenvalue weighted by molar-refractivity contribution is 5.83. The zero-order valence-corrected chi connectivity index (χ0v) is 14.8. The molecule has 0 aliphatic heterocycles. The molecule has 4 rings (SSSR count). The lowest BCUT2D eigenvalue weighted by Crippen LogP contribution is -2.27. The van der Waals surface area contributed by atoms with Crippen molar-refractivity contribution in [3.63, 3.8) is 0 Å². The molecule has 11 heteroatoms. The van der Waals surface area contributed by atoms with Gasteiger partial charge in [-0.3, -0.25) is 4.84 Å². The van der Waals surface area contributed by atoms with E-state index in [-0.39, 0.29) is 42.6 Å². The summed E-state index contributed by atoms with van der Waals surface area (Å²) in [6.07, 6.45) is -2.68. The van der Waals surface area contributed by atoms with Gasteiger partial charge in [-0.05, 0) is 12.0 Å². The minimum atomic E-state index is -1.61. The molecule has 5 N–H and O–H groups in total. The Hall–Kier alpha value is -2.89. The number of nitrogens with two attached hydrogens (primary N) is 1. The lowest BCUT2D eigenvalue weighted by Gasteiger charge is -2.14. The molecule has 148 valence electrons. The second-order valence-electron chi connectivity index (χ2n) is 6.69. The first-order valence-electron chi connectivity index (χ1n) is 8.81. The third kappa shape index (κ3) is 3.35. The summed E-state index contributed by atoms with van der Waals surface area (Å²) in [5.74, 6) is -0.433. The number of rotatable bonds is 6. The zero-order valence-electron chi connectivity index (χ0n) is 14.8. The largest absolute Gasteiger partial charge is 0.396 e. The van der Waals surface area contributed by atoms with Crippen LogP contribution in [0, 0.1) is 5.92 Å². The SMILES string of the molecule is Nc1nc(NOCc2ccccc2)c2nnn(C3CC(CO)C(O)C3F)c2n1. The van der Waals surface area contributed by atoms with Crippen LogP contribution in [-0.4, -0.2) is 54.1 Å². The number of nitrogens with zero attached hydrogens (tertiary/aromatic N) is 5. The molecule has 2 heterocycles. The van der Waals surface area contributed by atoms with Crippen LogP contribution in [0.5, 0.6) is 0 Å². The van der Waals surface area contributed by atoms with Gasteiger partial charge in [0.25, 0.3) is 0 Å². The molecule has 1 aliphatic carbocycles. The molecule has 0 saturated heterocycles. The second-order valence-corrected chi connectivity index (χ2v) is 6.69. The van der Waals surface area contributed by atoms with Crippen molar-refractivity contribution in [3.8, 4) is 0 Å². The average molecular weight is 389 g/mol. The Balaban J connectivity index is 1.58. The summed E-state index contributed by atoms with van der Waals surface area (Å²) in [5, 5.41) is 27.3. The lowest BCUT2D eigenvalue weighted by atomic mass is 10.1. The van der Waals surface area contributed by atoms with Crippen molar-refractivity contribution in [2.45, 2.75) is 31.3 Å². The molecule has 4 atom stereocenters. The molecule has 0 spiro atoms. The van der Waals surface area contributed by atoms with Crippen LogP contribution in [-0.2, 0) is 11.4 Å². The second kappa shape index (κ2) is 7.62. The molecule has 1 saturated carbocycles. The number of aliphatic hydroxyl groups is 2. The van der Waals surface area contributed by atoms with E-state index in [4.69, 9.17) is 10.6 Å². The minimum absolute atomic E-state index is 0.0606. The quantitative estimate of drug-likeness (QED) is 0.445. The van der Waals surface area contributed by atoms with Crippen LogP contribution < -0.4 is 11.2 Å². The molecule has 0 radical (unpaired) electrons. The molecule has 1 aliphatic rings. The van der Waals surface area contributed by atoms with Gasteiger partial charge in [-0.25, -0.2) is 14.6 Å². The number of benzene rings is 1. The van der Waals surface area contributed by atoms with E-state index in [1.807, 2.05) is 30.3 Å². The van der Waals surface area contributed by atoms with Crippen molar-refractivity contribution in [2.24, 2.45) is 5.92 Å². The van der Waals surface area contributed by atoms with Crippen LogP contribution in [0.1, 0.15) is 18.0 Å². The Kier molecular flexibility index (Phi) is 5.03. The number of aromatic nitrogens is 5. The molecule has 0 bridgehead atoms. The fourth-order valence-corrected chi connectivity index (χ4v) is 3.39. The van der Waals surface area contributed by atoms with Gasteiger partial charge in [-0.15, -0.1) is 5.10 Å². The fourth-order valence-electron chi connectivity index (χ4n) is 3.39. The number of aliphatic hydroxyl groups excluding tert-OH is 2. The number of nitrogens with one attached hydrogen (secondary N) is 1. The van der Waals surface area contributed by atoms with Gasteiger partial charge in [0, 0.05) is 12.5 Å². The molecule has 28 heavy (non-hydrogen) atoms. The molecular weight excluding hydrogens is 369 g/mol. The predicted molar refractivity (Wildman–Crippen MR) is 97.5 cm³/mol. The van der Waals surface area contributed by atoms with Crippen molar-refractivity contribution < 1.29 is 19.4 Å². The smallest absolute Gasteiger partial charge is 0.224 e. The van der Waals surface area contributed by atoms with E-state index in [0.717, 1.165) is 5.56 Å². The summed E-state index contributed by atoms with van der Waals surface area (Å²) in [6, 6.07) is 8.70. The number of halogens is 1. The van der Waals surface area contributed by atoms with E-state index >= 15 is 0 Å². The van der Waals surface area contributed by atoms with Crippen LogP contribution in [0.15, 0.2) is 30.3 Å². The first kappa shape index (κ1) is 18.5. The number of alkyl halides is 1. The maximum atomic E-state index is 14.5. The van der Waals surface area contributed by atoms with E-state index in [9.17, 15) is 14.6 Å². The summed E-state index contributed by atoms with van der Waals surface area (Å²) in [5.41, 5.74) is 9.90. The van der Waals surface area contributed by atoms with Gasteiger partial charge < -0.3 is 15.9 Å². The monoisotopic (exact) mass is 389 g/mol. The number of hydrogen-bond acceptors (Lipinski definition) is 9. The Morgan fingerprint density at radius 3 is 2.79 bits per heavy atom. The van der Waals surface area contributed by atoms with E-state index in [1.165, 1.54) is 4.68 Å². The lowest BCUT2D eigenvalue weighted by molar-refractivity contribution is 0.0392. The third-order valence-electron chi connectivity index (χ3n) is 4.86. The van der Waals surface area contributed by atoms with Gasteiger partial charge in [0.1, 0.15) is 6.17 Å². The molecule has 2 aromatic heterocycles. The number of anilines is 2. The van der Waals surface area contributed by atoms with Crippen LogP contribution in [0.4, 0.5) is 16.2 Å². The molecule has 10 nitrogen and oxygen atoms in total. The van der Waals surface area contributed by atoms with Gasteiger partial charge in [0.15, 0.2) is 17.0 Å². The van der Waals surface area contributed by atoms with Crippen molar-refractivity contribution >= 4 is 22.9 Å². The molecule has 1 fully saturated rings. The van der Waals surface area contributed by atoms with Gasteiger partial charge in [0.05, 0.1) is 18.8 Å². The fraction of sp³-hybridized carbons (Fsp3) is 0.412. The van der Waals surface area contributed by atoms with E-state index in [0.29, 0.717) is 0 Å². The van der Waals surface area contributed by atoms with Crippen LogP contribution in [0.25, 0.3) is 11.2 Å². The minimum Gasteiger partial charge on any atom is -0.396 e. The van der Waals surface area contributed by atoms with E-state index < -0.39 is 24.2 Å². The first-order chi connectivity index (χ1) is 13.6. The van der Waals surface area contributed by atoms with Gasteiger partial charge in [-0.2, -0.15) is 9.97 Å². The van der Waals surface area contributed by atoms with Crippen LogP contribution in [0.3, 0.4) is 0 Å². The molecule has 3 aromatic rings. The Morgan fingerprint density at radius 2 is 2.07 bits per heavy atom. The van der Waals surface area contributed by atoms with Crippen molar-refractivity contribution in [1.82, 2.24) is 25.0 Å². The number of fused-ring (bicyclic) bond motifs is 1. The highest BCUT2D eigenvalue weighted by atomic mass is 19.1. The Labute approximate surface area is 159 Å². The van der Waals surface area contributed by atoms with Gasteiger partial charge in [0.2, 0.25) is 5.95 Å². The number of nitrogen functional groups attached to an aromatic ring is 1. The normalized spacial score (nSPS) is 24.7.